The molecule has 160 valence electrons. The zero-order valence-electron chi connectivity index (χ0n) is 18.8. The largest absolute Gasteiger partial charge is 0.481 e. The lowest BCUT2D eigenvalue weighted by atomic mass is 9.81. The fourth-order valence-corrected chi connectivity index (χ4v) is 4.23. The van der Waals surface area contributed by atoms with Crippen LogP contribution in [0.2, 0.25) is 0 Å². The number of benzene rings is 2. The first kappa shape index (κ1) is 21.9. The van der Waals surface area contributed by atoms with Crippen LogP contribution in [0.5, 0.6) is 0 Å². The molecule has 5 nitrogen and oxygen atoms in total. The molecule has 1 heterocycles. The molecule has 5 heteroatoms. The van der Waals surface area contributed by atoms with Crippen molar-refractivity contribution < 1.29 is 19.4 Å². The molecule has 0 aromatic heterocycles. The first-order valence-corrected chi connectivity index (χ1v) is 10.4. The van der Waals surface area contributed by atoms with Crippen LogP contribution in [0.1, 0.15) is 54.2 Å². The standard InChI is InChI=1S/C25H31NO4/c1-15-7-9-18(10-8-15)23-17(3)21-14-26(24(29)30-25(4,5)6)12-11-19(21)16(2)20(23)13-22(27)28/h7-10H,11-14H2,1-6H3,(H,27,28). The molecule has 1 aliphatic rings. The van der Waals surface area contributed by atoms with Gasteiger partial charge in [0.1, 0.15) is 5.60 Å². The van der Waals surface area contributed by atoms with Gasteiger partial charge in [-0.2, -0.15) is 0 Å². The van der Waals surface area contributed by atoms with Gasteiger partial charge in [0.05, 0.1) is 6.42 Å². The first-order valence-electron chi connectivity index (χ1n) is 10.4. The summed E-state index contributed by atoms with van der Waals surface area (Å²) in [6.45, 7) is 12.7. The fourth-order valence-electron chi connectivity index (χ4n) is 4.23. The van der Waals surface area contributed by atoms with E-state index in [2.05, 4.69) is 0 Å². The molecule has 0 radical (unpaired) electrons. The van der Waals surface area contributed by atoms with Gasteiger partial charge in [-0.1, -0.05) is 29.8 Å². The molecule has 2 aromatic rings. The van der Waals surface area contributed by atoms with E-state index in [0.717, 1.165) is 38.9 Å². The van der Waals surface area contributed by atoms with E-state index in [-0.39, 0.29) is 12.5 Å². The van der Waals surface area contributed by atoms with Gasteiger partial charge in [-0.05, 0) is 86.9 Å². The summed E-state index contributed by atoms with van der Waals surface area (Å²) in [7, 11) is 0. The molecule has 0 bridgehead atoms. The normalized spacial score (nSPS) is 13.7. The highest BCUT2D eigenvalue weighted by molar-refractivity contribution is 5.82. The van der Waals surface area contributed by atoms with Gasteiger partial charge in [-0.15, -0.1) is 0 Å². The summed E-state index contributed by atoms with van der Waals surface area (Å²) in [6, 6.07) is 8.18. The zero-order chi connectivity index (χ0) is 22.2. The number of rotatable bonds is 3. The molecule has 1 N–H and O–H groups in total. The van der Waals surface area contributed by atoms with Crippen LogP contribution in [0.3, 0.4) is 0 Å². The first-order chi connectivity index (χ1) is 14.0. The van der Waals surface area contributed by atoms with Gasteiger partial charge >= 0.3 is 12.1 Å². The van der Waals surface area contributed by atoms with Crippen LogP contribution >= 0.6 is 0 Å². The van der Waals surface area contributed by atoms with Gasteiger partial charge in [-0.25, -0.2) is 4.79 Å². The summed E-state index contributed by atoms with van der Waals surface area (Å²) in [5.41, 5.74) is 7.81. The summed E-state index contributed by atoms with van der Waals surface area (Å²) in [6.07, 6.45) is 0.373. The quantitative estimate of drug-likeness (QED) is 0.757. The number of fused-ring (bicyclic) bond motifs is 1. The number of carbonyl (C=O) groups excluding carboxylic acids is 1. The number of carbonyl (C=O) groups is 2. The number of aliphatic carboxylic acids is 1. The molecule has 30 heavy (non-hydrogen) atoms. The van der Waals surface area contributed by atoms with Gasteiger partial charge in [0.2, 0.25) is 0 Å². The molecule has 0 saturated heterocycles. The van der Waals surface area contributed by atoms with Crippen molar-refractivity contribution in [2.75, 3.05) is 6.54 Å². The molecule has 1 amide bonds. The third kappa shape index (κ3) is 4.50. The molecular weight excluding hydrogens is 378 g/mol. The van der Waals surface area contributed by atoms with Gasteiger partial charge < -0.3 is 14.7 Å². The Morgan fingerprint density at radius 1 is 1.03 bits per heavy atom. The van der Waals surface area contributed by atoms with Crippen LogP contribution in [0, 0.1) is 20.8 Å². The molecule has 0 spiro atoms. The molecule has 0 saturated carbocycles. The topological polar surface area (TPSA) is 66.8 Å². The summed E-state index contributed by atoms with van der Waals surface area (Å²) in [4.78, 5) is 26.0. The highest BCUT2D eigenvalue weighted by Crippen LogP contribution is 2.38. The van der Waals surface area contributed by atoms with Crippen molar-refractivity contribution in [2.45, 2.75) is 66.5 Å². The highest BCUT2D eigenvalue weighted by atomic mass is 16.6. The Labute approximate surface area is 178 Å². The van der Waals surface area contributed by atoms with Crippen molar-refractivity contribution >= 4 is 12.1 Å². The van der Waals surface area contributed by atoms with Crippen LogP contribution in [-0.2, 0) is 28.9 Å². The Kier molecular flexibility index (Phi) is 5.93. The van der Waals surface area contributed by atoms with Crippen molar-refractivity contribution in [2.24, 2.45) is 0 Å². The lowest BCUT2D eigenvalue weighted by Crippen LogP contribution is -2.40. The SMILES string of the molecule is Cc1ccc(-c2c(C)c3c(c(C)c2CC(=O)O)CCN(C(=O)OC(C)(C)C)C3)cc1. The Balaban J connectivity index is 2.11. The zero-order valence-corrected chi connectivity index (χ0v) is 18.8. The summed E-state index contributed by atoms with van der Waals surface area (Å²) in [5, 5.41) is 9.56. The third-order valence-corrected chi connectivity index (χ3v) is 5.70. The molecular formula is C25H31NO4. The second-order valence-electron chi connectivity index (χ2n) is 9.15. The van der Waals surface area contributed by atoms with E-state index < -0.39 is 11.6 Å². The Morgan fingerprint density at radius 3 is 2.23 bits per heavy atom. The van der Waals surface area contributed by atoms with Gasteiger partial charge in [0.25, 0.3) is 0 Å². The minimum absolute atomic E-state index is 0.0149. The van der Waals surface area contributed by atoms with E-state index in [1.807, 2.05) is 65.8 Å². The van der Waals surface area contributed by atoms with Crippen molar-refractivity contribution in [1.29, 1.82) is 0 Å². The predicted molar refractivity (Wildman–Crippen MR) is 118 cm³/mol. The van der Waals surface area contributed by atoms with Crippen molar-refractivity contribution in [3.63, 3.8) is 0 Å². The van der Waals surface area contributed by atoms with Crippen LogP contribution in [-0.4, -0.2) is 34.2 Å². The maximum absolute atomic E-state index is 12.7. The minimum Gasteiger partial charge on any atom is -0.481 e. The molecule has 0 fully saturated rings. The van der Waals surface area contributed by atoms with Crippen molar-refractivity contribution in [1.82, 2.24) is 4.90 Å². The lowest BCUT2D eigenvalue weighted by molar-refractivity contribution is -0.136. The van der Waals surface area contributed by atoms with Gasteiger partial charge in [-0.3, -0.25) is 4.79 Å². The molecule has 3 rings (SSSR count). The minimum atomic E-state index is -0.836. The van der Waals surface area contributed by atoms with Crippen LogP contribution < -0.4 is 0 Å². The van der Waals surface area contributed by atoms with Crippen molar-refractivity contribution in [3.05, 3.63) is 57.6 Å². The second-order valence-corrected chi connectivity index (χ2v) is 9.15. The number of ether oxygens (including phenoxy) is 1. The molecule has 0 atom stereocenters. The summed E-state index contributed by atoms with van der Waals surface area (Å²) >= 11 is 0. The number of hydrogen-bond donors (Lipinski definition) is 1. The smallest absolute Gasteiger partial charge is 0.410 e. The number of aryl methyl sites for hydroxylation is 1. The lowest BCUT2D eigenvalue weighted by Gasteiger charge is -2.34. The third-order valence-electron chi connectivity index (χ3n) is 5.70. The molecule has 0 aliphatic carbocycles. The molecule has 2 aromatic carbocycles. The van der Waals surface area contributed by atoms with E-state index in [4.69, 9.17) is 4.74 Å². The molecule has 1 aliphatic heterocycles. The van der Waals surface area contributed by atoms with Crippen LogP contribution in [0.15, 0.2) is 24.3 Å². The van der Waals surface area contributed by atoms with Crippen LogP contribution in [0.25, 0.3) is 11.1 Å². The Bertz CT molecular complexity index is 984. The van der Waals surface area contributed by atoms with Crippen LogP contribution in [0.4, 0.5) is 4.79 Å². The van der Waals surface area contributed by atoms with Gasteiger partial charge in [0, 0.05) is 13.1 Å². The fraction of sp³-hybridized carbons (Fsp3) is 0.440. The monoisotopic (exact) mass is 409 g/mol. The predicted octanol–water partition coefficient (Wildman–Crippen LogP) is 5.20. The number of carboxylic acids is 1. The van der Waals surface area contributed by atoms with Crippen molar-refractivity contribution in [3.8, 4) is 11.1 Å². The maximum Gasteiger partial charge on any atom is 0.410 e. The van der Waals surface area contributed by atoms with E-state index in [1.54, 1.807) is 4.90 Å². The number of nitrogens with zero attached hydrogens (tertiary/aromatic N) is 1. The van der Waals surface area contributed by atoms with E-state index in [1.165, 1.54) is 5.56 Å². The second kappa shape index (κ2) is 8.13. The Hall–Kier alpha value is -2.82. The van der Waals surface area contributed by atoms with E-state index in [0.29, 0.717) is 19.5 Å². The number of hydrogen-bond acceptors (Lipinski definition) is 3. The molecule has 0 unspecified atom stereocenters. The average molecular weight is 410 g/mol. The summed E-state index contributed by atoms with van der Waals surface area (Å²) < 4.78 is 5.58. The Morgan fingerprint density at radius 2 is 1.67 bits per heavy atom. The highest BCUT2D eigenvalue weighted by Gasteiger charge is 2.30. The number of amides is 1. The maximum atomic E-state index is 12.7. The van der Waals surface area contributed by atoms with E-state index >= 15 is 0 Å². The van der Waals surface area contributed by atoms with Gasteiger partial charge in [0.15, 0.2) is 0 Å². The number of carboxylic acid groups (broad SMARTS) is 1. The average Bonchev–Trinajstić information content (AvgIpc) is 2.65. The van der Waals surface area contributed by atoms with E-state index in [9.17, 15) is 14.7 Å². The summed E-state index contributed by atoms with van der Waals surface area (Å²) in [5.74, 6) is -0.836.